The van der Waals surface area contributed by atoms with Crippen LogP contribution in [0.4, 0.5) is 0 Å². The number of hydrogen-bond acceptors (Lipinski definition) is 3. The number of benzene rings is 1. The van der Waals surface area contributed by atoms with Gasteiger partial charge in [0.2, 0.25) is 0 Å². The average Bonchev–Trinajstić information content (AvgIpc) is 2.77. The van der Waals surface area contributed by atoms with E-state index in [1.165, 1.54) is 5.56 Å². The van der Waals surface area contributed by atoms with Crippen molar-refractivity contribution in [1.29, 1.82) is 0 Å². The summed E-state index contributed by atoms with van der Waals surface area (Å²) in [4.78, 5) is 12.3. The molecule has 0 spiro atoms. The number of rotatable bonds is 5. The fourth-order valence-electron chi connectivity index (χ4n) is 1.89. The van der Waals surface area contributed by atoms with E-state index in [9.17, 15) is 4.79 Å². The van der Waals surface area contributed by atoms with Crippen molar-refractivity contribution in [3.63, 3.8) is 0 Å². The van der Waals surface area contributed by atoms with Crippen LogP contribution in [0.25, 0.3) is 11.3 Å². The molecule has 1 aromatic heterocycles. The number of carboxylic acids is 1. The Hall–Kier alpha value is -2.07. The number of carbonyl (C=O) groups is 1. The highest BCUT2D eigenvalue weighted by atomic mass is 16.4. The summed E-state index contributed by atoms with van der Waals surface area (Å²) in [6, 6.07) is 11.9. The van der Waals surface area contributed by atoms with Crippen LogP contribution in [0.5, 0.6) is 0 Å². The van der Waals surface area contributed by atoms with Gasteiger partial charge in [-0.2, -0.15) is 0 Å². The summed E-state index contributed by atoms with van der Waals surface area (Å²) in [5.41, 5.74) is 2.23. The zero-order valence-electron chi connectivity index (χ0n) is 11.1. The van der Waals surface area contributed by atoms with E-state index in [1.54, 1.807) is 11.9 Å². The van der Waals surface area contributed by atoms with Gasteiger partial charge in [0, 0.05) is 5.56 Å². The largest absolute Gasteiger partial charge is 0.480 e. The lowest BCUT2D eigenvalue weighted by atomic mass is 10.1. The second-order valence-corrected chi connectivity index (χ2v) is 4.70. The van der Waals surface area contributed by atoms with Crippen molar-refractivity contribution in [1.82, 2.24) is 4.90 Å². The van der Waals surface area contributed by atoms with Crippen LogP contribution in [0, 0.1) is 6.92 Å². The van der Waals surface area contributed by atoms with Crippen LogP contribution in [-0.2, 0) is 11.3 Å². The number of furan rings is 1. The lowest BCUT2D eigenvalue weighted by molar-refractivity contribution is -0.138. The molecule has 0 radical (unpaired) electrons. The van der Waals surface area contributed by atoms with E-state index in [-0.39, 0.29) is 6.54 Å². The summed E-state index contributed by atoms with van der Waals surface area (Å²) in [5, 5.41) is 8.70. The summed E-state index contributed by atoms with van der Waals surface area (Å²) < 4.78 is 5.73. The van der Waals surface area contributed by atoms with Crippen molar-refractivity contribution in [2.75, 3.05) is 13.6 Å². The molecule has 0 atom stereocenters. The molecular weight excluding hydrogens is 242 g/mol. The van der Waals surface area contributed by atoms with Crippen LogP contribution < -0.4 is 0 Å². The lowest BCUT2D eigenvalue weighted by Gasteiger charge is -2.11. The van der Waals surface area contributed by atoms with Crippen LogP contribution in [0.2, 0.25) is 0 Å². The van der Waals surface area contributed by atoms with Gasteiger partial charge in [0.05, 0.1) is 13.1 Å². The molecule has 0 saturated carbocycles. The summed E-state index contributed by atoms with van der Waals surface area (Å²) in [6.45, 7) is 2.52. The monoisotopic (exact) mass is 259 g/mol. The minimum absolute atomic E-state index is 0.000561. The highest BCUT2D eigenvalue weighted by molar-refractivity contribution is 5.69. The first kappa shape index (κ1) is 13.4. The van der Waals surface area contributed by atoms with Gasteiger partial charge in [-0.05, 0) is 26.1 Å². The third-order valence-electron chi connectivity index (χ3n) is 2.83. The minimum atomic E-state index is -0.840. The quantitative estimate of drug-likeness (QED) is 0.897. The summed E-state index contributed by atoms with van der Waals surface area (Å²) >= 11 is 0. The van der Waals surface area contributed by atoms with Gasteiger partial charge in [0.25, 0.3) is 0 Å². The van der Waals surface area contributed by atoms with E-state index in [0.29, 0.717) is 6.54 Å². The van der Waals surface area contributed by atoms with Crippen LogP contribution in [0.15, 0.2) is 40.8 Å². The molecule has 4 nitrogen and oxygen atoms in total. The fourth-order valence-corrected chi connectivity index (χ4v) is 1.89. The van der Waals surface area contributed by atoms with Gasteiger partial charge in [0.15, 0.2) is 0 Å². The molecule has 2 aromatic rings. The molecule has 1 aromatic carbocycles. The molecule has 0 aliphatic heterocycles. The highest BCUT2D eigenvalue weighted by Crippen LogP contribution is 2.23. The van der Waals surface area contributed by atoms with Gasteiger partial charge in [-0.3, -0.25) is 9.69 Å². The third-order valence-corrected chi connectivity index (χ3v) is 2.83. The maximum atomic E-state index is 10.6. The number of likely N-dealkylation sites (N-methyl/N-ethyl adjacent to an activating group) is 1. The van der Waals surface area contributed by atoms with Crippen LogP contribution >= 0.6 is 0 Å². The number of aliphatic carboxylic acids is 1. The zero-order valence-corrected chi connectivity index (χ0v) is 11.1. The van der Waals surface area contributed by atoms with Crippen LogP contribution in [0.3, 0.4) is 0 Å². The molecule has 0 amide bonds. The Morgan fingerprint density at radius 1 is 1.21 bits per heavy atom. The smallest absolute Gasteiger partial charge is 0.317 e. The predicted octanol–water partition coefficient (Wildman–Crippen LogP) is 2.77. The standard InChI is InChI=1S/C15H17NO3/c1-11-3-5-12(6-4-11)14-8-7-13(19-14)9-16(2)10-15(17)18/h3-8H,9-10H2,1-2H3,(H,17,18). The summed E-state index contributed by atoms with van der Waals surface area (Å²) in [7, 11) is 1.75. The second-order valence-electron chi connectivity index (χ2n) is 4.70. The first-order valence-corrected chi connectivity index (χ1v) is 6.10. The molecule has 0 saturated heterocycles. The summed E-state index contributed by atoms with van der Waals surface area (Å²) in [5.74, 6) is 0.728. The number of carboxylic acid groups (broad SMARTS) is 1. The van der Waals surface area contributed by atoms with Crippen molar-refractivity contribution < 1.29 is 14.3 Å². The molecule has 0 aliphatic rings. The summed E-state index contributed by atoms with van der Waals surface area (Å²) in [6.07, 6.45) is 0. The average molecular weight is 259 g/mol. The normalized spacial score (nSPS) is 10.9. The number of hydrogen-bond donors (Lipinski definition) is 1. The Labute approximate surface area is 112 Å². The van der Waals surface area contributed by atoms with Crippen molar-refractivity contribution in [3.05, 3.63) is 47.7 Å². The molecular formula is C15H17NO3. The Bertz CT molecular complexity index is 557. The second kappa shape index (κ2) is 5.71. The van der Waals surface area contributed by atoms with E-state index < -0.39 is 5.97 Å². The number of aryl methyl sites for hydroxylation is 1. The SMILES string of the molecule is Cc1ccc(-c2ccc(CN(C)CC(=O)O)o2)cc1. The van der Waals surface area contributed by atoms with Gasteiger partial charge >= 0.3 is 5.97 Å². The molecule has 19 heavy (non-hydrogen) atoms. The van der Waals surface area contributed by atoms with Crippen LogP contribution in [-0.4, -0.2) is 29.6 Å². The molecule has 1 N–H and O–H groups in total. The molecule has 4 heteroatoms. The molecule has 0 fully saturated rings. The van der Waals surface area contributed by atoms with E-state index in [0.717, 1.165) is 17.1 Å². The molecule has 2 rings (SSSR count). The Morgan fingerprint density at radius 2 is 1.89 bits per heavy atom. The van der Waals surface area contributed by atoms with Gasteiger partial charge < -0.3 is 9.52 Å². The predicted molar refractivity (Wildman–Crippen MR) is 72.9 cm³/mol. The first-order chi connectivity index (χ1) is 9.04. The van der Waals surface area contributed by atoms with Gasteiger partial charge in [-0.1, -0.05) is 29.8 Å². The molecule has 100 valence electrons. The fraction of sp³-hybridized carbons (Fsp3) is 0.267. The van der Waals surface area contributed by atoms with Gasteiger partial charge in [-0.15, -0.1) is 0 Å². The van der Waals surface area contributed by atoms with E-state index in [1.807, 2.05) is 43.3 Å². The molecule has 1 heterocycles. The third kappa shape index (κ3) is 3.69. The topological polar surface area (TPSA) is 53.7 Å². The first-order valence-electron chi connectivity index (χ1n) is 6.10. The lowest BCUT2D eigenvalue weighted by Crippen LogP contribution is -2.24. The molecule has 0 aliphatic carbocycles. The Kier molecular flexibility index (Phi) is 4.02. The van der Waals surface area contributed by atoms with E-state index >= 15 is 0 Å². The Morgan fingerprint density at radius 3 is 2.53 bits per heavy atom. The van der Waals surface area contributed by atoms with Crippen LogP contribution in [0.1, 0.15) is 11.3 Å². The zero-order chi connectivity index (χ0) is 13.8. The van der Waals surface area contributed by atoms with Crippen molar-refractivity contribution in [3.8, 4) is 11.3 Å². The highest BCUT2D eigenvalue weighted by Gasteiger charge is 2.09. The molecule has 0 unspecified atom stereocenters. The molecule has 0 bridgehead atoms. The van der Waals surface area contributed by atoms with Crippen molar-refractivity contribution in [2.45, 2.75) is 13.5 Å². The maximum Gasteiger partial charge on any atom is 0.317 e. The van der Waals surface area contributed by atoms with Gasteiger partial charge in [-0.25, -0.2) is 0 Å². The van der Waals surface area contributed by atoms with E-state index in [4.69, 9.17) is 9.52 Å². The minimum Gasteiger partial charge on any atom is -0.480 e. The van der Waals surface area contributed by atoms with Gasteiger partial charge in [0.1, 0.15) is 11.5 Å². The Balaban J connectivity index is 2.06. The van der Waals surface area contributed by atoms with E-state index in [2.05, 4.69) is 0 Å². The number of nitrogens with zero attached hydrogens (tertiary/aromatic N) is 1. The van der Waals surface area contributed by atoms with Crippen molar-refractivity contribution >= 4 is 5.97 Å². The maximum absolute atomic E-state index is 10.6. The van der Waals surface area contributed by atoms with Crippen molar-refractivity contribution in [2.24, 2.45) is 0 Å².